The fraction of sp³-hybridized carbons (Fsp3) is 0.700. The lowest BCUT2D eigenvalue weighted by atomic mass is 10.4. The van der Waals surface area contributed by atoms with Crippen molar-refractivity contribution in [2.45, 2.75) is 13.3 Å². The maximum atomic E-state index is 11.1. The highest BCUT2D eigenvalue weighted by Crippen LogP contribution is 1.86. The molecule has 0 aromatic carbocycles. The fourth-order valence-electron chi connectivity index (χ4n) is 0.913. The third-order valence-electron chi connectivity index (χ3n) is 1.76. The Hall–Kier alpha value is -1.63. The highest BCUT2D eigenvalue weighted by Gasteiger charge is 2.06. The average Bonchev–Trinajstić information content (AvgIpc) is 2.30. The van der Waals surface area contributed by atoms with Gasteiger partial charge < -0.3 is 20.1 Å². The Morgan fingerprint density at radius 3 is 2.35 bits per heavy atom. The molecule has 0 unspecified atom stereocenters. The summed E-state index contributed by atoms with van der Waals surface area (Å²) in [6.07, 6.45) is 0.164. The molecule has 0 bridgehead atoms. The zero-order chi connectivity index (χ0) is 13.1. The molecule has 7 heteroatoms. The molecule has 0 spiro atoms. The van der Waals surface area contributed by atoms with Gasteiger partial charge in [-0.1, -0.05) is 0 Å². The van der Waals surface area contributed by atoms with Gasteiger partial charge in [-0.3, -0.25) is 9.59 Å². The van der Waals surface area contributed by atoms with Gasteiger partial charge in [-0.05, 0) is 0 Å². The first-order valence-corrected chi connectivity index (χ1v) is 5.24. The summed E-state index contributed by atoms with van der Waals surface area (Å²) in [4.78, 5) is 32.2. The van der Waals surface area contributed by atoms with Crippen LogP contribution in [0.3, 0.4) is 0 Å². The third kappa shape index (κ3) is 10.6. The number of carbonyl (C=O) groups is 3. The predicted molar refractivity (Wildman–Crippen MR) is 59.1 cm³/mol. The molecule has 2 N–H and O–H groups in total. The summed E-state index contributed by atoms with van der Waals surface area (Å²) >= 11 is 0. The van der Waals surface area contributed by atoms with Gasteiger partial charge in [0.1, 0.15) is 0 Å². The van der Waals surface area contributed by atoms with Crippen molar-refractivity contribution in [1.82, 2.24) is 10.6 Å². The summed E-state index contributed by atoms with van der Waals surface area (Å²) in [5.74, 6) is -1.15. The van der Waals surface area contributed by atoms with E-state index < -0.39 is 11.9 Å². The van der Waals surface area contributed by atoms with Gasteiger partial charge in [0.15, 0.2) is 6.61 Å². The van der Waals surface area contributed by atoms with E-state index in [4.69, 9.17) is 0 Å². The van der Waals surface area contributed by atoms with E-state index in [-0.39, 0.29) is 18.9 Å². The highest BCUT2D eigenvalue weighted by molar-refractivity contribution is 5.76. The fourth-order valence-corrected chi connectivity index (χ4v) is 0.913. The molecule has 98 valence electrons. The smallest absolute Gasteiger partial charge is 0.344 e. The maximum Gasteiger partial charge on any atom is 0.344 e. The van der Waals surface area contributed by atoms with Crippen LogP contribution in [0.5, 0.6) is 0 Å². The number of methoxy groups -OCH3 is 1. The van der Waals surface area contributed by atoms with Crippen LogP contribution in [-0.4, -0.2) is 51.2 Å². The topological polar surface area (TPSA) is 93.7 Å². The standard InChI is InChI=1S/C10H18N2O5/c1-8(13)12-6-5-11-4-3-9(14)17-7-10(15)16-2/h11H,3-7H2,1-2H3,(H,12,13). The van der Waals surface area contributed by atoms with Crippen LogP contribution >= 0.6 is 0 Å². The molecule has 0 rings (SSSR count). The molecule has 0 aliphatic carbocycles. The Morgan fingerprint density at radius 1 is 1.06 bits per heavy atom. The van der Waals surface area contributed by atoms with Crippen molar-refractivity contribution in [2.24, 2.45) is 0 Å². The Kier molecular flexibility index (Phi) is 8.67. The lowest BCUT2D eigenvalue weighted by Crippen LogP contribution is -2.31. The van der Waals surface area contributed by atoms with Gasteiger partial charge >= 0.3 is 11.9 Å². The maximum absolute atomic E-state index is 11.1. The van der Waals surface area contributed by atoms with Gasteiger partial charge in [0.25, 0.3) is 0 Å². The van der Waals surface area contributed by atoms with Gasteiger partial charge in [-0.25, -0.2) is 4.79 Å². The Balaban J connectivity index is 3.33. The van der Waals surface area contributed by atoms with Crippen LogP contribution < -0.4 is 10.6 Å². The first kappa shape index (κ1) is 15.4. The molecule has 0 radical (unpaired) electrons. The van der Waals surface area contributed by atoms with Crippen molar-refractivity contribution in [1.29, 1.82) is 0 Å². The Labute approximate surface area is 99.8 Å². The number of ether oxygens (including phenoxy) is 2. The normalized spacial score (nSPS) is 9.53. The van der Waals surface area contributed by atoms with Crippen LogP contribution in [0, 0.1) is 0 Å². The number of rotatable bonds is 8. The van der Waals surface area contributed by atoms with Gasteiger partial charge in [0.05, 0.1) is 13.5 Å². The monoisotopic (exact) mass is 246 g/mol. The summed E-state index contributed by atoms with van der Waals surface area (Å²) in [7, 11) is 1.22. The van der Waals surface area contributed by atoms with E-state index in [0.29, 0.717) is 19.6 Å². The second kappa shape index (κ2) is 9.59. The largest absolute Gasteiger partial charge is 0.466 e. The molecule has 0 aromatic rings. The quantitative estimate of drug-likeness (QED) is 0.413. The summed E-state index contributed by atoms with van der Waals surface area (Å²) in [5.41, 5.74) is 0. The van der Waals surface area contributed by atoms with E-state index >= 15 is 0 Å². The molecule has 0 atom stereocenters. The minimum absolute atomic E-state index is 0.0933. The molecule has 0 aromatic heterocycles. The van der Waals surface area contributed by atoms with Crippen LogP contribution in [0.4, 0.5) is 0 Å². The van der Waals surface area contributed by atoms with Crippen molar-refractivity contribution in [2.75, 3.05) is 33.4 Å². The molecule has 1 amide bonds. The Morgan fingerprint density at radius 2 is 1.76 bits per heavy atom. The number of hydrogen-bond acceptors (Lipinski definition) is 6. The van der Waals surface area contributed by atoms with Crippen LogP contribution in [0.15, 0.2) is 0 Å². The first-order chi connectivity index (χ1) is 8.06. The molecular weight excluding hydrogens is 228 g/mol. The number of hydrogen-bond donors (Lipinski definition) is 2. The minimum Gasteiger partial charge on any atom is -0.466 e. The molecule has 0 saturated carbocycles. The molecule has 0 saturated heterocycles. The highest BCUT2D eigenvalue weighted by atomic mass is 16.6. The van der Waals surface area contributed by atoms with Crippen LogP contribution in [0.25, 0.3) is 0 Å². The van der Waals surface area contributed by atoms with E-state index in [1.807, 2.05) is 0 Å². The second-order valence-corrected chi connectivity index (χ2v) is 3.22. The molecule has 0 heterocycles. The zero-order valence-electron chi connectivity index (χ0n) is 10.1. The van der Waals surface area contributed by atoms with E-state index in [0.717, 1.165) is 0 Å². The second-order valence-electron chi connectivity index (χ2n) is 3.22. The van der Waals surface area contributed by atoms with Crippen molar-refractivity contribution in [3.8, 4) is 0 Å². The molecule has 0 aliphatic heterocycles. The van der Waals surface area contributed by atoms with Gasteiger partial charge in [0, 0.05) is 26.6 Å². The van der Waals surface area contributed by atoms with Gasteiger partial charge in [-0.2, -0.15) is 0 Å². The number of amides is 1. The van der Waals surface area contributed by atoms with Crippen LogP contribution in [0.2, 0.25) is 0 Å². The molecule has 0 fully saturated rings. The third-order valence-corrected chi connectivity index (χ3v) is 1.76. The lowest BCUT2D eigenvalue weighted by Gasteiger charge is -2.05. The zero-order valence-corrected chi connectivity index (χ0v) is 10.1. The number of esters is 2. The first-order valence-electron chi connectivity index (χ1n) is 5.24. The molecular formula is C10H18N2O5. The molecule has 0 aliphatic rings. The van der Waals surface area contributed by atoms with Gasteiger partial charge in [-0.15, -0.1) is 0 Å². The van der Waals surface area contributed by atoms with Crippen LogP contribution in [-0.2, 0) is 23.9 Å². The minimum atomic E-state index is -0.586. The number of nitrogens with one attached hydrogen (secondary N) is 2. The van der Waals surface area contributed by atoms with Crippen LogP contribution in [0.1, 0.15) is 13.3 Å². The van der Waals surface area contributed by atoms with E-state index in [1.165, 1.54) is 14.0 Å². The average molecular weight is 246 g/mol. The summed E-state index contributed by atoms with van der Waals surface area (Å²) in [6, 6.07) is 0. The lowest BCUT2D eigenvalue weighted by molar-refractivity contribution is -0.156. The summed E-state index contributed by atoms with van der Waals surface area (Å²) in [6.45, 7) is 2.58. The SMILES string of the molecule is COC(=O)COC(=O)CCNCCNC(C)=O. The van der Waals surface area contributed by atoms with E-state index in [1.54, 1.807) is 0 Å². The predicted octanol–water partition coefficient (Wildman–Crippen LogP) is -1.18. The number of carbonyl (C=O) groups excluding carboxylic acids is 3. The summed E-state index contributed by atoms with van der Waals surface area (Å²) < 4.78 is 8.92. The molecule has 17 heavy (non-hydrogen) atoms. The van der Waals surface area contributed by atoms with Crippen molar-refractivity contribution in [3.05, 3.63) is 0 Å². The molecule has 7 nitrogen and oxygen atoms in total. The van der Waals surface area contributed by atoms with E-state index in [2.05, 4.69) is 20.1 Å². The van der Waals surface area contributed by atoms with Gasteiger partial charge in [0.2, 0.25) is 5.91 Å². The van der Waals surface area contributed by atoms with Crippen molar-refractivity contribution >= 4 is 17.8 Å². The summed E-state index contributed by atoms with van der Waals surface area (Å²) in [5, 5.41) is 5.54. The van der Waals surface area contributed by atoms with Crippen molar-refractivity contribution < 1.29 is 23.9 Å². The van der Waals surface area contributed by atoms with E-state index in [9.17, 15) is 14.4 Å². The Bertz CT molecular complexity index is 267. The van der Waals surface area contributed by atoms with Crippen molar-refractivity contribution in [3.63, 3.8) is 0 Å².